The first-order valence-electron chi connectivity index (χ1n) is 17.8. The zero-order valence-corrected chi connectivity index (χ0v) is 32.7. The van der Waals surface area contributed by atoms with Crippen molar-refractivity contribution in [3.05, 3.63) is 102 Å². The van der Waals surface area contributed by atoms with E-state index in [0.29, 0.717) is 5.71 Å². The molecule has 0 amide bonds. The molecule has 8 aromatic rings. The number of carbonyl (C=O) groups is 1. The second-order valence-corrected chi connectivity index (χ2v) is 14.1. The van der Waals surface area contributed by atoms with Crippen LogP contribution in [-0.4, -0.2) is 25.3 Å². The molecule has 0 aliphatic heterocycles. The van der Waals surface area contributed by atoms with Crippen molar-refractivity contribution in [3.63, 3.8) is 0 Å². The summed E-state index contributed by atoms with van der Waals surface area (Å²) in [5.74, 6) is 0.286. The largest absolute Gasteiger partial charge is 0.512 e. The Morgan fingerprint density at radius 3 is 2.24 bits per heavy atom. The Bertz CT molecular complexity index is 2570. The number of furan rings is 1. The average Bonchev–Trinajstić information content (AvgIpc) is 3.79. The minimum absolute atomic E-state index is 0. The molecule has 0 spiro atoms. The number of hydrogen-bond acceptors (Lipinski definition) is 5. The smallest absolute Gasteiger partial charge is 0.228 e. The maximum absolute atomic E-state index is 12.2. The Morgan fingerprint density at radius 1 is 0.824 bits per heavy atom. The Morgan fingerprint density at radius 2 is 1.51 bits per heavy atom. The summed E-state index contributed by atoms with van der Waals surface area (Å²) >= 11 is 0. The monoisotopic (exact) mass is 855 g/mol. The van der Waals surface area contributed by atoms with Gasteiger partial charge in [-0.1, -0.05) is 95.5 Å². The van der Waals surface area contributed by atoms with Gasteiger partial charge >= 0.3 is 0 Å². The maximum Gasteiger partial charge on any atom is 0.228 e. The van der Waals surface area contributed by atoms with Gasteiger partial charge in [0.15, 0.2) is 5.78 Å². The zero-order valence-electron chi connectivity index (χ0n) is 30.4. The van der Waals surface area contributed by atoms with Crippen LogP contribution in [0.5, 0.6) is 0 Å². The summed E-state index contributed by atoms with van der Waals surface area (Å²) in [7, 11) is 0. The zero-order chi connectivity index (χ0) is 35.4. The molecule has 3 aromatic carbocycles. The number of aliphatic hydroxyl groups is 1. The van der Waals surface area contributed by atoms with Gasteiger partial charge in [0.25, 0.3) is 0 Å². The van der Waals surface area contributed by atoms with Gasteiger partial charge in [0.05, 0.1) is 16.4 Å². The van der Waals surface area contributed by atoms with Gasteiger partial charge in [-0.15, -0.1) is 17.7 Å². The standard InChI is InChI=1S/C29H16N3O.C15H28O2.Ir/c1-16-10-12-21-27-28(33-29(21)30-16)25-20(23-15-11-17-6-2-4-8-22(17)31-23)14-13-19-18-7-3-5-9-24(18)32(27)26(19)25;1-7-14(5,8-2)12(16)11-13(17)15(6,9-3)10-4;/h2-13,15H,1H3;11,16H,7-10H2,1-6H3;/q-1;;/b;12-11-;. The minimum atomic E-state index is -0.337. The van der Waals surface area contributed by atoms with E-state index in [1.807, 2.05) is 72.7 Å². The first-order valence-corrected chi connectivity index (χ1v) is 17.8. The molecule has 5 heterocycles. The van der Waals surface area contributed by atoms with Crippen LogP contribution in [0, 0.1) is 23.8 Å². The van der Waals surface area contributed by atoms with E-state index in [2.05, 4.69) is 70.0 Å². The molecule has 0 fully saturated rings. The SMILES string of the molecule is CCC(C)(CC)C(=O)/C=C(\O)C(C)(CC)CC.Cc1ccc2c(n1)oc1c3c(-c4ccc5ccccc5n4)[c-]cc4c5ccccc5n(c21)c43.[Ir]. The van der Waals surface area contributed by atoms with E-state index in [-0.39, 0.29) is 42.5 Å². The van der Waals surface area contributed by atoms with Crippen molar-refractivity contribution >= 4 is 66.1 Å². The van der Waals surface area contributed by atoms with E-state index >= 15 is 0 Å². The van der Waals surface area contributed by atoms with Crippen LogP contribution < -0.4 is 0 Å². The van der Waals surface area contributed by atoms with Gasteiger partial charge in [-0.05, 0) is 84.2 Å². The summed E-state index contributed by atoms with van der Waals surface area (Å²) in [6.45, 7) is 14.1. The third-order valence-electron chi connectivity index (χ3n) is 11.3. The molecule has 0 saturated carbocycles. The normalized spacial score (nSPS) is 12.6. The third-order valence-corrected chi connectivity index (χ3v) is 11.3. The Balaban J connectivity index is 0.000000215. The molecule has 51 heavy (non-hydrogen) atoms. The van der Waals surface area contributed by atoms with Gasteiger partial charge in [0.2, 0.25) is 5.71 Å². The number of carbonyl (C=O) groups excluding carboxylic acids is 1. The molecular formula is C44H44IrN3O3-. The fourth-order valence-corrected chi connectivity index (χ4v) is 6.99. The first-order chi connectivity index (χ1) is 24.1. The van der Waals surface area contributed by atoms with Gasteiger partial charge in [-0.25, -0.2) is 4.98 Å². The van der Waals surface area contributed by atoms with Crippen molar-refractivity contribution in [2.24, 2.45) is 10.8 Å². The van der Waals surface area contributed by atoms with Gasteiger partial charge < -0.3 is 13.9 Å². The van der Waals surface area contributed by atoms with E-state index in [0.717, 1.165) is 86.4 Å². The Labute approximate surface area is 312 Å². The number of hydrogen-bond donors (Lipinski definition) is 1. The quantitative estimate of drug-likeness (QED) is 0.0935. The van der Waals surface area contributed by atoms with E-state index in [4.69, 9.17) is 9.40 Å². The van der Waals surface area contributed by atoms with Gasteiger partial charge in [-0.3, -0.25) is 9.78 Å². The molecule has 263 valence electrons. The molecule has 0 atom stereocenters. The van der Waals surface area contributed by atoms with E-state index in [1.165, 1.54) is 16.8 Å². The van der Waals surface area contributed by atoms with Gasteiger partial charge in [-0.2, -0.15) is 0 Å². The number of aliphatic hydroxyl groups excluding tert-OH is 1. The summed E-state index contributed by atoms with van der Waals surface area (Å²) in [5.41, 5.74) is 8.02. The molecule has 0 bridgehead atoms. The van der Waals surface area contributed by atoms with Crippen molar-refractivity contribution in [2.75, 3.05) is 0 Å². The average molecular weight is 855 g/mol. The number of aromatic nitrogens is 3. The molecular weight excluding hydrogens is 811 g/mol. The summed E-state index contributed by atoms with van der Waals surface area (Å²) in [5, 5.41) is 15.7. The van der Waals surface area contributed by atoms with Crippen molar-refractivity contribution in [1.82, 2.24) is 14.4 Å². The number of ketones is 1. The van der Waals surface area contributed by atoms with Crippen LogP contribution in [0.4, 0.5) is 0 Å². The number of para-hydroxylation sites is 2. The van der Waals surface area contributed by atoms with Gasteiger partial charge in [0, 0.05) is 48.2 Å². The molecule has 0 saturated heterocycles. The molecule has 0 unspecified atom stereocenters. The molecule has 0 aliphatic carbocycles. The number of fused-ring (bicyclic) bond motifs is 9. The van der Waals surface area contributed by atoms with Crippen LogP contribution >= 0.6 is 0 Å². The molecule has 0 aliphatic rings. The number of rotatable bonds is 8. The first kappa shape index (κ1) is 36.2. The van der Waals surface area contributed by atoms with Crippen LogP contribution in [-0.2, 0) is 24.9 Å². The Hall–Kier alpha value is -4.58. The van der Waals surface area contributed by atoms with E-state index in [1.54, 1.807) is 0 Å². The van der Waals surface area contributed by atoms with Crippen molar-refractivity contribution < 1.29 is 34.4 Å². The number of pyridine rings is 2. The minimum Gasteiger partial charge on any atom is -0.512 e. The number of allylic oxidation sites excluding steroid dienone is 2. The van der Waals surface area contributed by atoms with Crippen molar-refractivity contribution in [2.45, 2.75) is 74.1 Å². The van der Waals surface area contributed by atoms with Crippen molar-refractivity contribution in [3.8, 4) is 11.3 Å². The molecule has 8 rings (SSSR count). The van der Waals surface area contributed by atoms with Crippen LogP contribution in [0.25, 0.3) is 71.6 Å². The van der Waals surface area contributed by atoms with Crippen LogP contribution in [0.3, 0.4) is 0 Å². The fraction of sp³-hybridized carbons (Fsp3) is 0.295. The molecule has 7 heteroatoms. The molecule has 1 radical (unpaired) electrons. The van der Waals surface area contributed by atoms with Crippen molar-refractivity contribution in [1.29, 1.82) is 0 Å². The topological polar surface area (TPSA) is 80.6 Å². The summed E-state index contributed by atoms with van der Waals surface area (Å²) < 4.78 is 8.77. The third kappa shape index (κ3) is 5.90. The maximum atomic E-state index is 12.2. The van der Waals surface area contributed by atoms with Gasteiger partial charge in [0.1, 0.15) is 11.3 Å². The van der Waals surface area contributed by atoms with Crippen LogP contribution in [0.15, 0.2) is 95.1 Å². The fourth-order valence-electron chi connectivity index (χ4n) is 6.99. The number of benzene rings is 3. The number of aryl methyl sites for hydroxylation is 1. The number of nitrogens with zero attached hydrogens (tertiary/aromatic N) is 3. The second kappa shape index (κ2) is 13.9. The molecule has 1 N–H and O–H groups in total. The van der Waals surface area contributed by atoms with E-state index < -0.39 is 0 Å². The van der Waals surface area contributed by atoms with E-state index in [9.17, 15) is 9.90 Å². The second-order valence-electron chi connectivity index (χ2n) is 14.1. The Kier molecular flexibility index (Phi) is 9.84. The predicted octanol–water partition coefficient (Wildman–Crippen LogP) is 11.9. The summed E-state index contributed by atoms with van der Waals surface area (Å²) in [6, 6.07) is 30.7. The summed E-state index contributed by atoms with van der Waals surface area (Å²) in [4.78, 5) is 21.8. The van der Waals surface area contributed by atoms with Crippen LogP contribution in [0.1, 0.15) is 72.9 Å². The molecule has 5 aromatic heterocycles. The molecule has 6 nitrogen and oxygen atoms in total. The van der Waals surface area contributed by atoms with Crippen LogP contribution in [0.2, 0.25) is 0 Å². The predicted molar refractivity (Wildman–Crippen MR) is 206 cm³/mol. The summed E-state index contributed by atoms with van der Waals surface area (Å²) in [6.07, 6.45) is 4.75.